The van der Waals surface area contributed by atoms with Gasteiger partial charge in [0.1, 0.15) is 11.8 Å². The summed E-state index contributed by atoms with van der Waals surface area (Å²) in [6.45, 7) is 7.60. The van der Waals surface area contributed by atoms with Crippen LogP contribution in [0.25, 0.3) is 0 Å². The zero-order valence-electron chi connectivity index (χ0n) is 20.1. The molecule has 1 heterocycles. The van der Waals surface area contributed by atoms with Gasteiger partial charge in [-0.25, -0.2) is 0 Å². The summed E-state index contributed by atoms with van der Waals surface area (Å²) in [6, 6.07) is 16.3. The number of amides is 2. The second kappa shape index (κ2) is 12.4. The Kier molecular flexibility index (Phi) is 9.31. The van der Waals surface area contributed by atoms with Gasteiger partial charge in [0, 0.05) is 37.8 Å². The molecular formula is C27H37N3O3. The Morgan fingerprint density at radius 1 is 0.909 bits per heavy atom. The van der Waals surface area contributed by atoms with Gasteiger partial charge in [-0.15, -0.1) is 0 Å². The first-order valence-corrected chi connectivity index (χ1v) is 12.1. The number of carbonyl (C=O) groups is 2. The highest BCUT2D eigenvalue weighted by atomic mass is 16.5. The highest BCUT2D eigenvalue weighted by molar-refractivity contribution is 5.98. The maximum absolute atomic E-state index is 13.6. The third-order valence-electron chi connectivity index (χ3n) is 6.39. The Bertz CT molecular complexity index is 871. The number of piperazine rings is 1. The number of hydrogen-bond donors (Lipinski definition) is 1. The molecule has 2 aromatic carbocycles. The van der Waals surface area contributed by atoms with Crippen LogP contribution in [0, 0.1) is 0 Å². The third-order valence-corrected chi connectivity index (χ3v) is 6.39. The van der Waals surface area contributed by atoms with Crippen LogP contribution < -0.4 is 10.1 Å². The Hall–Kier alpha value is -2.86. The summed E-state index contributed by atoms with van der Waals surface area (Å²) in [5, 5.41) is 2.97. The molecule has 0 saturated carbocycles. The Labute approximate surface area is 197 Å². The molecule has 0 unspecified atom stereocenters. The molecule has 2 aromatic rings. The quantitative estimate of drug-likeness (QED) is 0.586. The topological polar surface area (TPSA) is 61.9 Å². The molecular weight excluding hydrogens is 414 g/mol. The first-order chi connectivity index (χ1) is 16.1. The summed E-state index contributed by atoms with van der Waals surface area (Å²) in [5.74, 6) is 0.360. The highest BCUT2D eigenvalue weighted by Gasteiger charge is 2.31. The number of ether oxygens (including phenoxy) is 1. The maximum Gasteiger partial charge on any atom is 0.252 e. The molecule has 6 heteroatoms. The van der Waals surface area contributed by atoms with Crippen molar-refractivity contribution in [2.75, 3.05) is 33.3 Å². The van der Waals surface area contributed by atoms with Crippen LogP contribution in [0.4, 0.5) is 0 Å². The normalized spacial score (nSPS) is 15.3. The molecule has 0 bridgehead atoms. The van der Waals surface area contributed by atoms with Crippen molar-refractivity contribution in [1.29, 1.82) is 0 Å². The van der Waals surface area contributed by atoms with Gasteiger partial charge in [-0.3, -0.25) is 14.5 Å². The molecule has 0 aromatic heterocycles. The van der Waals surface area contributed by atoms with E-state index in [1.54, 1.807) is 31.4 Å². The highest BCUT2D eigenvalue weighted by Crippen LogP contribution is 2.21. The third kappa shape index (κ3) is 6.57. The monoisotopic (exact) mass is 451 g/mol. The van der Waals surface area contributed by atoms with Crippen LogP contribution in [-0.4, -0.2) is 60.9 Å². The molecule has 0 aliphatic carbocycles. The van der Waals surface area contributed by atoms with E-state index in [0.29, 0.717) is 30.4 Å². The second-order valence-corrected chi connectivity index (χ2v) is 8.64. The minimum Gasteiger partial charge on any atom is -0.497 e. The average molecular weight is 452 g/mol. The van der Waals surface area contributed by atoms with Crippen LogP contribution in [-0.2, 0) is 4.79 Å². The molecule has 1 saturated heterocycles. The number of nitrogens with zero attached hydrogens (tertiary/aromatic N) is 2. The fraction of sp³-hybridized carbons (Fsp3) is 0.481. The number of rotatable bonds is 10. The lowest BCUT2D eigenvalue weighted by atomic mass is 10.0. The Balaban J connectivity index is 1.71. The summed E-state index contributed by atoms with van der Waals surface area (Å²) in [6.07, 6.45) is 4.76. The van der Waals surface area contributed by atoms with Gasteiger partial charge >= 0.3 is 0 Å². The zero-order valence-corrected chi connectivity index (χ0v) is 20.1. The summed E-state index contributed by atoms with van der Waals surface area (Å²) < 4.78 is 5.18. The van der Waals surface area contributed by atoms with E-state index in [4.69, 9.17) is 4.74 Å². The van der Waals surface area contributed by atoms with E-state index >= 15 is 0 Å². The number of carbonyl (C=O) groups excluding carboxylic acids is 2. The van der Waals surface area contributed by atoms with Gasteiger partial charge in [0.25, 0.3) is 5.91 Å². The molecule has 1 N–H and O–H groups in total. The van der Waals surface area contributed by atoms with Crippen LogP contribution in [0.2, 0.25) is 0 Å². The van der Waals surface area contributed by atoms with Crippen molar-refractivity contribution in [3.05, 3.63) is 65.7 Å². The van der Waals surface area contributed by atoms with Crippen molar-refractivity contribution in [1.82, 2.24) is 15.1 Å². The van der Waals surface area contributed by atoms with Crippen LogP contribution in [0.15, 0.2) is 54.6 Å². The standard InChI is InChI=1S/C27H37N3O3/c1-4-9-23(10-5-2)29-17-19-30(20-18-29)27(32)25(21-11-7-6-8-12-21)28-26(31)22-13-15-24(33-3)16-14-22/h6-8,11-16,23,25H,4-5,9-10,17-20H2,1-3H3,(H,28,31)/t25-/m1/s1. The summed E-state index contributed by atoms with van der Waals surface area (Å²) in [7, 11) is 1.59. The molecule has 3 rings (SSSR count). The first-order valence-electron chi connectivity index (χ1n) is 12.1. The average Bonchev–Trinajstić information content (AvgIpc) is 2.87. The van der Waals surface area contributed by atoms with Crippen LogP contribution in [0.1, 0.15) is 61.5 Å². The first kappa shape index (κ1) is 24.8. The van der Waals surface area contributed by atoms with Crippen molar-refractivity contribution in [2.24, 2.45) is 0 Å². The smallest absolute Gasteiger partial charge is 0.252 e. The summed E-state index contributed by atoms with van der Waals surface area (Å²) >= 11 is 0. The van der Waals surface area contributed by atoms with E-state index in [-0.39, 0.29) is 11.8 Å². The number of nitrogens with one attached hydrogen (secondary N) is 1. The van der Waals surface area contributed by atoms with Gasteiger partial charge in [-0.2, -0.15) is 0 Å². The molecule has 6 nitrogen and oxygen atoms in total. The fourth-order valence-corrected chi connectivity index (χ4v) is 4.56. The second-order valence-electron chi connectivity index (χ2n) is 8.64. The Morgan fingerprint density at radius 3 is 2.06 bits per heavy atom. The zero-order chi connectivity index (χ0) is 23.6. The molecule has 0 radical (unpaired) electrons. The number of hydrogen-bond acceptors (Lipinski definition) is 4. The van der Waals surface area contributed by atoms with Gasteiger partial charge in [0.05, 0.1) is 7.11 Å². The molecule has 1 aliphatic rings. The predicted octanol–water partition coefficient (Wildman–Crippen LogP) is 4.28. The minimum absolute atomic E-state index is 0.0507. The van der Waals surface area contributed by atoms with Crippen molar-refractivity contribution in [3.63, 3.8) is 0 Å². The summed E-state index contributed by atoms with van der Waals surface area (Å²) in [4.78, 5) is 31.0. The maximum atomic E-state index is 13.6. The molecule has 178 valence electrons. The van der Waals surface area contributed by atoms with Gasteiger partial charge in [0.2, 0.25) is 5.91 Å². The number of benzene rings is 2. The Morgan fingerprint density at radius 2 is 1.52 bits per heavy atom. The van der Waals surface area contributed by atoms with Gasteiger partial charge in [-0.1, -0.05) is 57.0 Å². The number of methoxy groups -OCH3 is 1. The van der Waals surface area contributed by atoms with Gasteiger partial charge < -0.3 is 15.0 Å². The predicted molar refractivity (Wildman–Crippen MR) is 131 cm³/mol. The van der Waals surface area contributed by atoms with Crippen LogP contribution in [0.5, 0.6) is 5.75 Å². The van der Waals surface area contributed by atoms with Gasteiger partial charge in [0.15, 0.2) is 0 Å². The van der Waals surface area contributed by atoms with Crippen molar-refractivity contribution in [2.45, 2.75) is 51.6 Å². The van der Waals surface area contributed by atoms with E-state index in [1.807, 2.05) is 35.2 Å². The van der Waals surface area contributed by atoms with Crippen molar-refractivity contribution < 1.29 is 14.3 Å². The minimum atomic E-state index is -0.713. The summed E-state index contributed by atoms with van der Waals surface area (Å²) in [5.41, 5.74) is 1.29. The largest absolute Gasteiger partial charge is 0.497 e. The molecule has 2 amide bonds. The van der Waals surface area contributed by atoms with Crippen molar-refractivity contribution >= 4 is 11.8 Å². The lowest BCUT2D eigenvalue weighted by Crippen LogP contribution is -2.54. The van der Waals surface area contributed by atoms with Crippen LogP contribution >= 0.6 is 0 Å². The fourth-order valence-electron chi connectivity index (χ4n) is 4.56. The molecule has 0 spiro atoms. The van der Waals surface area contributed by atoms with Crippen molar-refractivity contribution in [3.8, 4) is 5.75 Å². The van der Waals surface area contributed by atoms with E-state index in [1.165, 1.54) is 25.7 Å². The molecule has 1 fully saturated rings. The van der Waals surface area contributed by atoms with E-state index in [2.05, 4.69) is 24.1 Å². The molecule has 1 aliphatic heterocycles. The van der Waals surface area contributed by atoms with E-state index in [0.717, 1.165) is 18.7 Å². The lowest BCUT2D eigenvalue weighted by molar-refractivity contribution is -0.135. The van der Waals surface area contributed by atoms with Gasteiger partial charge in [-0.05, 0) is 42.7 Å². The molecule has 33 heavy (non-hydrogen) atoms. The molecule has 1 atom stereocenters. The van der Waals surface area contributed by atoms with E-state index in [9.17, 15) is 9.59 Å². The van der Waals surface area contributed by atoms with Crippen LogP contribution in [0.3, 0.4) is 0 Å². The van der Waals surface area contributed by atoms with E-state index < -0.39 is 6.04 Å². The SMILES string of the molecule is CCCC(CCC)N1CCN(C(=O)[C@H](NC(=O)c2ccc(OC)cc2)c2ccccc2)CC1. The lowest BCUT2D eigenvalue weighted by Gasteiger charge is -2.40.